The van der Waals surface area contributed by atoms with Crippen LogP contribution in [0.2, 0.25) is 0 Å². The van der Waals surface area contributed by atoms with Crippen molar-refractivity contribution in [3.05, 3.63) is 84.3 Å². The molecule has 4 nitrogen and oxygen atoms in total. The van der Waals surface area contributed by atoms with E-state index < -0.39 is 0 Å². The summed E-state index contributed by atoms with van der Waals surface area (Å²) in [4.78, 5) is 9.31. The van der Waals surface area contributed by atoms with E-state index in [-0.39, 0.29) is 11.9 Å². The smallest absolute Gasteiger partial charge is 0.168 e. The van der Waals surface area contributed by atoms with Crippen molar-refractivity contribution in [2.45, 2.75) is 18.1 Å². The summed E-state index contributed by atoms with van der Waals surface area (Å²) in [6.45, 7) is 2.11. The maximum atomic E-state index is 13.4. The largest absolute Gasteiger partial charge is 0.364 e. The molecule has 0 aliphatic rings. The van der Waals surface area contributed by atoms with Gasteiger partial charge in [0.05, 0.1) is 11.4 Å². The fourth-order valence-electron chi connectivity index (χ4n) is 3.50. The van der Waals surface area contributed by atoms with Crippen LogP contribution in [0.3, 0.4) is 0 Å². The summed E-state index contributed by atoms with van der Waals surface area (Å²) in [6, 6.07) is 20.9. The van der Waals surface area contributed by atoms with E-state index >= 15 is 0 Å². The zero-order valence-corrected chi connectivity index (χ0v) is 17.9. The Balaban J connectivity index is 1.73. The summed E-state index contributed by atoms with van der Waals surface area (Å²) in [5, 5.41) is 4.38. The Kier molecular flexibility index (Phi) is 5.86. The first kappa shape index (κ1) is 20.2. The molecule has 0 fully saturated rings. The van der Waals surface area contributed by atoms with Crippen LogP contribution in [0.1, 0.15) is 18.5 Å². The van der Waals surface area contributed by atoms with Crippen molar-refractivity contribution in [2.75, 3.05) is 11.6 Å². The molecular weight excluding hydrogens is 395 g/mol. The number of pyridine rings is 1. The molecule has 152 valence electrons. The number of rotatable bonds is 6. The number of aromatic nitrogens is 3. The molecule has 2 aromatic heterocycles. The number of halogens is 1. The van der Waals surface area contributed by atoms with Gasteiger partial charge in [0.25, 0.3) is 0 Å². The molecule has 0 radical (unpaired) electrons. The Bertz CT molecular complexity index is 1140. The Morgan fingerprint density at radius 3 is 2.43 bits per heavy atom. The standard InChI is InChI=1S/C24H23FN4S/c1-16(17-7-5-4-6-8-17)27-21-15-19(13-14-26-21)23-22(28-24(30-3)29(23)2)18-9-11-20(25)12-10-18/h4-16H,1-3H3,(H,26,27)/t16-/m0/s1. The van der Waals surface area contributed by atoms with E-state index in [1.807, 2.05) is 43.6 Å². The predicted molar refractivity (Wildman–Crippen MR) is 122 cm³/mol. The molecule has 30 heavy (non-hydrogen) atoms. The summed E-state index contributed by atoms with van der Waals surface area (Å²) >= 11 is 1.58. The van der Waals surface area contributed by atoms with Crippen molar-refractivity contribution in [3.63, 3.8) is 0 Å². The van der Waals surface area contributed by atoms with Crippen LogP contribution in [-0.2, 0) is 7.05 Å². The third-order valence-electron chi connectivity index (χ3n) is 5.05. The highest BCUT2D eigenvalue weighted by molar-refractivity contribution is 7.98. The SMILES string of the molecule is CSc1nc(-c2ccc(F)cc2)c(-c2ccnc(N[C@@H](C)c3ccccc3)c2)n1C. The summed E-state index contributed by atoms with van der Waals surface area (Å²) in [5.41, 5.74) is 4.88. The number of hydrogen-bond acceptors (Lipinski definition) is 4. The highest BCUT2D eigenvalue weighted by Crippen LogP contribution is 2.35. The molecule has 0 saturated carbocycles. The Hall–Kier alpha value is -3.12. The minimum atomic E-state index is -0.258. The summed E-state index contributed by atoms with van der Waals surface area (Å²) < 4.78 is 15.5. The van der Waals surface area contributed by atoms with E-state index in [0.717, 1.165) is 33.5 Å². The van der Waals surface area contributed by atoms with Crippen molar-refractivity contribution in [3.8, 4) is 22.5 Å². The van der Waals surface area contributed by atoms with Crippen molar-refractivity contribution >= 4 is 17.6 Å². The van der Waals surface area contributed by atoms with Crippen LogP contribution in [0, 0.1) is 5.82 Å². The van der Waals surface area contributed by atoms with Gasteiger partial charge < -0.3 is 9.88 Å². The van der Waals surface area contributed by atoms with Gasteiger partial charge in [-0.1, -0.05) is 42.1 Å². The topological polar surface area (TPSA) is 42.7 Å². The van der Waals surface area contributed by atoms with Crippen molar-refractivity contribution in [1.82, 2.24) is 14.5 Å². The Morgan fingerprint density at radius 2 is 1.73 bits per heavy atom. The molecule has 0 saturated heterocycles. The molecular formula is C24H23FN4S. The Morgan fingerprint density at radius 1 is 1.00 bits per heavy atom. The van der Waals surface area contributed by atoms with Gasteiger partial charge in [0.1, 0.15) is 11.6 Å². The molecule has 6 heteroatoms. The van der Waals surface area contributed by atoms with Gasteiger partial charge in [0.15, 0.2) is 5.16 Å². The maximum Gasteiger partial charge on any atom is 0.168 e. The van der Waals surface area contributed by atoms with Gasteiger partial charge in [0.2, 0.25) is 0 Å². The predicted octanol–water partition coefficient (Wildman–Crippen LogP) is 6.18. The second kappa shape index (κ2) is 8.71. The first-order valence-electron chi connectivity index (χ1n) is 9.71. The van der Waals surface area contributed by atoms with Gasteiger partial charge >= 0.3 is 0 Å². The van der Waals surface area contributed by atoms with Crippen LogP contribution in [0.4, 0.5) is 10.2 Å². The van der Waals surface area contributed by atoms with E-state index in [0.29, 0.717) is 0 Å². The second-order valence-corrected chi connectivity index (χ2v) is 7.84. The quantitative estimate of drug-likeness (QED) is 0.380. The monoisotopic (exact) mass is 418 g/mol. The van der Waals surface area contributed by atoms with Crippen molar-refractivity contribution < 1.29 is 4.39 Å². The minimum Gasteiger partial charge on any atom is -0.364 e. The zero-order valence-electron chi connectivity index (χ0n) is 17.1. The average Bonchev–Trinajstić information content (AvgIpc) is 3.11. The Labute approximate surface area is 180 Å². The first-order valence-corrected chi connectivity index (χ1v) is 10.9. The molecule has 4 rings (SSSR count). The summed E-state index contributed by atoms with van der Waals surface area (Å²) in [7, 11) is 2.00. The summed E-state index contributed by atoms with van der Waals surface area (Å²) in [6.07, 6.45) is 3.80. The number of hydrogen-bond donors (Lipinski definition) is 1. The van der Waals surface area contributed by atoms with E-state index in [1.165, 1.54) is 17.7 Å². The third-order valence-corrected chi connectivity index (χ3v) is 5.78. The zero-order chi connectivity index (χ0) is 21.1. The molecule has 0 amide bonds. The van der Waals surface area contributed by atoms with Gasteiger partial charge in [-0.2, -0.15) is 0 Å². The molecule has 1 atom stereocenters. The highest BCUT2D eigenvalue weighted by atomic mass is 32.2. The van der Waals surface area contributed by atoms with Crippen LogP contribution < -0.4 is 5.32 Å². The molecule has 0 aliphatic carbocycles. The normalized spacial score (nSPS) is 12.0. The fraction of sp³-hybridized carbons (Fsp3) is 0.167. The fourth-order valence-corrected chi connectivity index (χ4v) is 4.05. The number of imidazole rings is 1. The summed E-state index contributed by atoms with van der Waals surface area (Å²) in [5.74, 6) is 0.535. The number of anilines is 1. The van der Waals surface area contributed by atoms with Crippen molar-refractivity contribution in [2.24, 2.45) is 7.05 Å². The van der Waals surface area contributed by atoms with Crippen LogP contribution in [-0.4, -0.2) is 20.8 Å². The van der Waals surface area contributed by atoms with Crippen molar-refractivity contribution in [1.29, 1.82) is 0 Å². The van der Waals surface area contributed by atoms with Gasteiger partial charge in [0, 0.05) is 30.4 Å². The number of thioether (sulfide) groups is 1. The second-order valence-electron chi connectivity index (χ2n) is 7.07. The molecule has 0 aliphatic heterocycles. The van der Waals surface area contributed by atoms with Gasteiger partial charge in [-0.15, -0.1) is 0 Å². The number of nitrogens with zero attached hydrogens (tertiary/aromatic N) is 3. The van der Waals surface area contributed by atoms with Gasteiger partial charge in [-0.05, 0) is 55.1 Å². The average molecular weight is 419 g/mol. The van der Waals surface area contributed by atoms with E-state index in [4.69, 9.17) is 4.98 Å². The molecule has 1 N–H and O–H groups in total. The molecule has 0 unspecified atom stereocenters. The molecule has 2 heterocycles. The van der Waals surface area contributed by atoms with Gasteiger partial charge in [-0.25, -0.2) is 14.4 Å². The first-order chi connectivity index (χ1) is 14.6. The molecule has 2 aromatic carbocycles. The van der Waals surface area contributed by atoms with E-state index in [9.17, 15) is 4.39 Å². The third kappa shape index (κ3) is 4.09. The lowest BCUT2D eigenvalue weighted by Gasteiger charge is -2.16. The number of benzene rings is 2. The highest BCUT2D eigenvalue weighted by Gasteiger charge is 2.18. The lowest BCUT2D eigenvalue weighted by Crippen LogP contribution is -2.07. The van der Waals surface area contributed by atoms with E-state index in [2.05, 4.69) is 33.9 Å². The maximum absolute atomic E-state index is 13.4. The van der Waals surface area contributed by atoms with Crippen LogP contribution >= 0.6 is 11.8 Å². The molecule has 0 bridgehead atoms. The minimum absolute atomic E-state index is 0.124. The van der Waals surface area contributed by atoms with Crippen LogP contribution in [0.25, 0.3) is 22.5 Å². The lowest BCUT2D eigenvalue weighted by atomic mass is 10.0. The lowest BCUT2D eigenvalue weighted by molar-refractivity contribution is 0.628. The molecule has 0 spiro atoms. The molecule has 4 aromatic rings. The van der Waals surface area contributed by atoms with Gasteiger partial charge in [-0.3, -0.25) is 0 Å². The van der Waals surface area contributed by atoms with Crippen LogP contribution in [0.15, 0.2) is 78.1 Å². The van der Waals surface area contributed by atoms with E-state index in [1.54, 1.807) is 30.1 Å². The van der Waals surface area contributed by atoms with Crippen LogP contribution in [0.5, 0.6) is 0 Å². The number of nitrogens with one attached hydrogen (secondary N) is 1.